The van der Waals surface area contributed by atoms with E-state index < -0.39 is 6.10 Å². The molecule has 192 valence electrons. The lowest BCUT2D eigenvalue weighted by Gasteiger charge is -2.15. The highest BCUT2D eigenvalue weighted by Crippen LogP contribution is 2.28. The van der Waals surface area contributed by atoms with Crippen LogP contribution in [0.25, 0.3) is 21.8 Å². The number of para-hydroxylation sites is 1. The van der Waals surface area contributed by atoms with Crippen LogP contribution in [-0.2, 0) is 4.79 Å². The Kier molecular flexibility index (Phi) is 7.89. The highest BCUT2D eigenvalue weighted by Gasteiger charge is 2.15. The van der Waals surface area contributed by atoms with E-state index in [2.05, 4.69) is 33.0 Å². The molecular formula is C28H29ClN4O4. The number of hydrogen-bond acceptors (Lipinski definition) is 6. The zero-order chi connectivity index (χ0) is 25.6. The van der Waals surface area contributed by atoms with E-state index in [1.807, 2.05) is 42.5 Å². The Hall–Kier alpha value is -3.59. The van der Waals surface area contributed by atoms with Gasteiger partial charge in [0.25, 0.3) is 0 Å². The van der Waals surface area contributed by atoms with Crippen molar-refractivity contribution in [3.8, 4) is 11.5 Å². The SMILES string of the molecule is O=C1CCC(c2ccc(OCCCNC[C@H](O)COc3ccc4c(c3)[nH]c3ccccc34)c(Cl)c2)=NN1. The van der Waals surface area contributed by atoms with Crippen LogP contribution in [-0.4, -0.2) is 54.1 Å². The summed E-state index contributed by atoms with van der Waals surface area (Å²) in [7, 11) is 0. The van der Waals surface area contributed by atoms with Crippen LogP contribution in [0.15, 0.2) is 65.8 Å². The van der Waals surface area contributed by atoms with Crippen LogP contribution >= 0.6 is 11.6 Å². The molecule has 0 saturated heterocycles. The molecule has 4 N–H and O–H groups in total. The quantitative estimate of drug-likeness (QED) is 0.219. The fraction of sp³-hybridized carbons (Fsp3) is 0.286. The molecular weight excluding hydrogens is 492 g/mol. The number of aromatic nitrogens is 1. The summed E-state index contributed by atoms with van der Waals surface area (Å²) < 4.78 is 11.6. The second-order valence-electron chi connectivity index (χ2n) is 8.99. The van der Waals surface area contributed by atoms with Gasteiger partial charge in [-0.2, -0.15) is 5.10 Å². The number of nitrogens with one attached hydrogen (secondary N) is 3. The molecule has 9 heteroatoms. The van der Waals surface area contributed by atoms with Crippen molar-refractivity contribution in [1.29, 1.82) is 0 Å². The summed E-state index contributed by atoms with van der Waals surface area (Å²) in [6.07, 6.45) is 1.13. The smallest absolute Gasteiger partial charge is 0.240 e. The van der Waals surface area contributed by atoms with E-state index in [1.54, 1.807) is 6.07 Å². The molecule has 0 fully saturated rings. The molecule has 0 bridgehead atoms. The van der Waals surface area contributed by atoms with Gasteiger partial charge in [-0.3, -0.25) is 4.79 Å². The number of fused-ring (bicyclic) bond motifs is 3. The van der Waals surface area contributed by atoms with Crippen LogP contribution in [0.3, 0.4) is 0 Å². The second-order valence-corrected chi connectivity index (χ2v) is 9.39. The number of aliphatic hydroxyl groups excluding tert-OH is 1. The lowest BCUT2D eigenvalue weighted by Crippen LogP contribution is -2.32. The Balaban J connectivity index is 1.00. The lowest BCUT2D eigenvalue weighted by molar-refractivity contribution is -0.121. The first-order valence-electron chi connectivity index (χ1n) is 12.4. The molecule has 0 aliphatic carbocycles. The van der Waals surface area contributed by atoms with Gasteiger partial charge in [0.15, 0.2) is 0 Å². The first-order valence-corrected chi connectivity index (χ1v) is 12.7. The fourth-order valence-electron chi connectivity index (χ4n) is 4.30. The molecule has 8 nitrogen and oxygen atoms in total. The topological polar surface area (TPSA) is 108 Å². The number of benzene rings is 3. The van der Waals surface area contributed by atoms with E-state index >= 15 is 0 Å². The lowest BCUT2D eigenvalue weighted by atomic mass is 10.0. The molecule has 0 unspecified atom stereocenters. The van der Waals surface area contributed by atoms with Crippen LogP contribution in [0.1, 0.15) is 24.8 Å². The maximum atomic E-state index is 11.3. The number of ether oxygens (including phenoxy) is 2. The number of hydrazone groups is 1. The molecule has 1 atom stereocenters. The monoisotopic (exact) mass is 520 g/mol. The Morgan fingerprint density at radius 3 is 2.73 bits per heavy atom. The largest absolute Gasteiger partial charge is 0.492 e. The number of carbonyl (C=O) groups excluding carboxylic acids is 1. The molecule has 0 spiro atoms. The Morgan fingerprint density at radius 2 is 1.89 bits per heavy atom. The summed E-state index contributed by atoms with van der Waals surface area (Å²) in [4.78, 5) is 14.7. The highest BCUT2D eigenvalue weighted by atomic mass is 35.5. The molecule has 5 rings (SSSR count). The van der Waals surface area contributed by atoms with E-state index in [9.17, 15) is 9.90 Å². The van der Waals surface area contributed by atoms with Crippen molar-refractivity contribution in [3.63, 3.8) is 0 Å². The maximum Gasteiger partial charge on any atom is 0.240 e. The zero-order valence-corrected chi connectivity index (χ0v) is 21.1. The maximum absolute atomic E-state index is 11.3. The van der Waals surface area contributed by atoms with Gasteiger partial charge in [0.1, 0.15) is 24.2 Å². The van der Waals surface area contributed by atoms with Crippen molar-refractivity contribution < 1.29 is 19.4 Å². The summed E-state index contributed by atoms with van der Waals surface area (Å²) in [5.74, 6) is 1.24. The molecule has 1 aliphatic rings. The fourth-order valence-corrected chi connectivity index (χ4v) is 4.54. The summed E-state index contributed by atoms with van der Waals surface area (Å²) in [6, 6.07) is 19.6. The van der Waals surface area contributed by atoms with Gasteiger partial charge in [-0.15, -0.1) is 0 Å². The van der Waals surface area contributed by atoms with Crippen LogP contribution in [0, 0.1) is 0 Å². The van der Waals surface area contributed by atoms with Crippen LogP contribution < -0.4 is 20.2 Å². The van der Waals surface area contributed by atoms with Crippen molar-refractivity contribution in [3.05, 3.63) is 71.2 Å². The number of aromatic amines is 1. The number of halogens is 1. The number of nitrogens with zero attached hydrogens (tertiary/aromatic N) is 1. The third-order valence-electron chi connectivity index (χ3n) is 6.22. The van der Waals surface area contributed by atoms with E-state index in [0.29, 0.717) is 43.3 Å². The summed E-state index contributed by atoms with van der Waals surface area (Å²) in [6.45, 7) is 1.79. The summed E-state index contributed by atoms with van der Waals surface area (Å²) in [5, 5.41) is 20.4. The average Bonchev–Trinajstić information content (AvgIpc) is 3.28. The highest BCUT2D eigenvalue weighted by molar-refractivity contribution is 6.32. The zero-order valence-electron chi connectivity index (χ0n) is 20.3. The van der Waals surface area contributed by atoms with Crippen molar-refractivity contribution in [2.45, 2.75) is 25.4 Å². The van der Waals surface area contributed by atoms with Crippen LogP contribution in [0.5, 0.6) is 11.5 Å². The van der Waals surface area contributed by atoms with Gasteiger partial charge < -0.3 is 24.9 Å². The first-order chi connectivity index (χ1) is 18.1. The van der Waals surface area contributed by atoms with Crippen molar-refractivity contribution >= 4 is 45.0 Å². The number of carbonyl (C=O) groups is 1. The van der Waals surface area contributed by atoms with Crippen LogP contribution in [0.2, 0.25) is 5.02 Å². The molecule has 2 heterocycles. The molecule has 37 heavy (non-hydrogen) atoms. The minimum Gasteiger partial charge on any atom is -0.492 e. The summed E-state index contributed by atoms with van der Waals surface area (Å²) in [5.41, 5.74) is 6.27. The normalized spacial score (nSPS) is 14.4. The molecule has 0 radical (unpaired) electrons. The molecule has 4 aromatic rings. The minimum atomic E-state index is -0.631. The van der Waals surface area contributed by atoms with E-state index in [4.69, 9.17) is 21.1 Å². The second kappa shape index (κ2) is 11.6. The number of aliphatic hydroxyl groups is 1. The van der Waals surface area contributed by atoms with E-state index in [1.165, 1.54) is 5.39 Å². The first kappa shape index (κ1) is 25.1. The average molecular weight is 521 g/mol. The Morgan fingerprint density at radius 1 is 1.03 bits per heavy atom. The third-order valence-corrected chi connectivity index (χ3v) is 6.52. The van der Waals surface area contributed by atoms with Gasteiger partial charge in [-0.05, 0) is 54.9 Å². The number of rotatable bonds is 11. The number of hydrogen-bond donors (Lipinski definition) is 4. The minimum absolute atomic E-state index is 0.0771. The van der Waals surface area contributed by atoms with Gasteiger partial charge in [0.05, 0.1) is 22.9 Å². The molecule has 1 aromatic heterocycles. The number of H-pyrrole nitrogens is 1. The van der Waals surface area contributed by atoms with E-state index in [0.717, 1.165) is 39.9 Å². The van der Waals surface area contributed by atoms with Gasteiger partial charge in [0, 0.05) is 41.7 Å². The molecule has 3 aromatic carbocycles. The predicted octanol–water partition coefficient (Wildman–Crippen LogP) is 4.39. The molecule has 1 amide bonds. The van der Waals surface area contributed by atoms with Crippen molar-refractivity contribution in [1.82, 2.24) is 15.7 Å². The Bertz CT molecular complexity index is 1430. The molecule has 0 saturated carbocycles. The van der Waals surface area contributed by atoms with Crippen molar-refractivity contribution in [2.75, 3.05) is 26.3 Å². The van der Waals surface area contributed by atoms with Crippen LogP contribution in [0.4, 0.5) is 0 Å². The molecule has 1 aliphatic heterocycles. The Labute approximate surface area is 219 Å². The standard InChI is InChI=1S/C28H29ClN4O4/c29-23-14-18(24-9-11-28(35)33-32-24)6-10-27(23)36-13-3-12-30-16-19(34)17-37-20-7-8-22-21-4-1-2-5-25(21)31-26(22)15-20/h1-2,4-8,10,14-15,19,30-31,34H,3,9,11-13,16-17H2,(H,33,35)/t19-/m0/s1. The third kappa shape index (κ3) is 6.22. The van der Waals surface area contributed by atoms with Gasteiger partial charge in [0.2, 0.25) is 5.91 Å². The van der Waals surface area contributed by atoms with Crippen molar-refractivity contribution in [2.24, 2.45) is 5.10 Å². The van der Waals surface area contributed by atoms with E-state index in [-0.39, 0.29) is 12.5 Å². The predicted molar refractivity (Wildman–Crippen MR) is 146 cm³/mol. The van der Waals surface area contributed by atoms with Gasteiger partial charge in [-0.1, -0.05) is 29.8 Å². The van der Waals surface area contributed by atoms with Gasteiger partial charge >= 0.3 is 0 Å². The number of amides is 1. The van der Waals surface area contributed by atoms with Gasteiger partial charge in [-0.25, -0.2) is 5.43 Å². The summed E-state index contributed by atoms with van der Waals surface area (Å²) >= 11 is 6.37.